The molecule has 2 atom stereocenters. The standard InChI is InChI=1S/C30H29N7O5/c1-19-8-13-26(42-19)29-33-35-36(34-29)18-27(39)37(22-15-21-5-2-3-7-25(21)31-16-22)28(20-9-11-23(38)12-10-20)30(40)32-17-24-6-4-14-41-24/h2-3,5,7-13,15-16,24,28,38H,4,6,14,17-18H2,1H3,(H,32,40). The molecular weight excluding hydrogens is 538 g/mol. The van der Waals surface area contributed by atoms with Gasteiger partial charge in [-0.15, -0.1) is 10.2 Å². The molecule has 2 aromatic carbocycles. The van der Waals surface area contributed by atoms with Crippen LogP contribution in [0.4, 0.5) is 5.69 Å². The van der Waals surface area contributed by atoms with Gasteiger partial charge in [0, 0.05) is 18.5 Å². The van der Waals surface area contributed by atoms with Gasteiger partial charge in [-0.05, 0) is 66.9 Å². The first kappa shape index (κ1) is 27.1. The van der Waals surface area contributed by atoms with Crippen molar-refractivity contribution >= 4 is 28.4 Å². The van der Waals surface area contributed by atoms with E-state index < -0.39 is 17.9 Å². The van der Waals surface area contributed by atoms with E-state index in [1.165, 1.54) is 17.0 Å². The molecule has 2 unspecified atom stereocenters. The molecule has 3 aromatic heterocycles. The molecule has 0 spiro atoms. The summed E-state index contributed by atoms with van der Waals surface area (Å²) in [7, 11) is 0. The smallest absolute Gasteiger partial charge is 0.251 e. The number of fused-ring (bicyclic) bond motifs is 1. The van der Waals surface area contributed by atoms with E-state index >= 15 is 0 Å². The Balaban J connectivity index is 1.38. The number of carbonyl (C=O) groups excluding carboxylic acids is 2. The summed E-state index contributed by atoms with van der Waals surface area (Å²) in [5.41, 5.74) is 1.65. The van der Waals surface area contributed by atoms with Crippen LogP contribution in [0, 0.1) is 6.92 Å². The Kier molecular flexibility index (Phi) is 7.60. The Bertz CT molecular complexity index is 1710. The highest BCUT2D eigenvalue weighted by Crippen LogP contribution is 2.31. The minimum absolute atomic E-state index is 0.0371. The Labute approximate surface area is 240 Å². The van der Waals surface area contributed by atoms with E-state index in [-0.39, 0.29) is 24.2 Å². The number of amides is 2. The van der Waals surface area contributed by atoms with Crippen LogP contribution in [0.3, 0.4) is 0 Å². The summed E-state index contributed by atoms with van der Waals surface area (Å²) < 4.78 is 11.3. The lowest BCUT2D eigenvalue weighted by atomic mass is 10.0. The van der Waals surface area contributed by atoms with E-state index in [0.29, 0.717) is 35.9 Å². The quantitative estimate of drug-likeness (QED) is 0.273. The number of anilines is 1. The number of carbonyl (C=O) groups is 2. The number of aromatic hydroxyl groups is 1. The van der Waals surface area contributed by atoms with Crippen LogP contribution in [0.2, 0.25) is 0 Å². The number of phenolic OH excluding ortho intramolecular Hbond substituents is 1. The maximum absolute atomic E-state index is 14.1. The van der Waals surface area contributed by atoms with Gasteiger partial charge in [-0.1, -0.05) is 30.3 Å². The maximum atomic E-state index is 14.1. The van der Waals surface area contributed by atoms with Crippen LogP contribution in [0.5, 0.6) is 5.75 Å². The fourth-order valence-corrected chi connectivity index (χ4v) is 4.98. The molecule has 2 N–H and O–H groups in total. The lowest BCUT2D eigenvalue weighted by Crippen LogP contribution is -2.46. The van der Waals surface area contributed by atoms with E-state index in [1.807, 2.05) is 30.3 Å². The number of nitrogens with one attached hydrogen (secondary N) is 1. The maximum Gasteiger partial charge on any atom is 0.251 e. The molecule has 1 fully saturated rings. The molecule has 12 nitrogen and oxygen atoms in total. The van der Waals surface area contributed by atoms with Crippen molar-refractivity contribution in [2.24, 2.45) is 0 Å². The topological polar surface area (TPSA) is 148 Å². The number of ether oxygens (including phenoxy) is 1. The molecule has 0 aliphatic carbocycles. The van der Waals surface area contributed by atoms with Gasteiger partial charge in [-0.2, -0.15) is 4.80 Å². The van der Waals surface area contributed by atoms with E-state index in [2.05, 4.69) is 25.7 Å². The van der Waals surface area contributed by atoms with Crippen LogP contribution < -0.4 is 10.2 Å². The van der Waals surface area contributed by atoms with Crippen LogP contribution in [0.25, 0.3) is 22.5 Å². The number of nitrogens with zero attached hydrogens (tertiary/aromatic N) is 6. The van der Waals surface area contributed by atoms with Gasteiger partial charge in [0.15, 0.2) is 5.76 Å². The number of rotatable bonds is 9. The van der Waals surface area contributed by atoms with E-state index in [0.717, 1.165) is 28.5 Å². The monoisotopic (exact) mass is 567 g/mol. The molecule has 1 saturated heterocycles. The van der Waals surface area contributed by atoms with Gasteiger partial charge in [0.05, 0.1) is 23.5 Å². The van der Waals surface area contributed by atoms with Gasteiger partial charge >= 0.3 is 0 Å². The Hall–Kier alpha value is -5.10. The van der Waals surface area contributed by atoms with Gasteiger partial charge in [0.2, 0.25) is 11.7 Å². The van der Waals surface area contributed by atoms with Gasteiger partial charge in [0.25, 0.3) is 5.91 Å². The number of furan rings is 1. The first-order valence-corrected chi connectivity index (χ1v) is 13.6. The zero-order chi connectivity index (χ0) is 29.1. The molecule has 4 heterocycles. The Morgan fingerprint density at radius 2 is 1.98 bits per heavy atom. The highest BCUT2D eigenvalue weighted by Gasteiger charge is 2.34. The first-order chi connectivity index (χ1) is 20.4. The van der Waals surface area contributed by atoms with E-state index in [1.54, 1.807) is 37.4 Å². The number of tetrazole rings is 1. The molecule has 0 bridgehead atoms. The van der Waals surface area contributed by atoms with Crippen molar-refractivity contribution in [3.05, 3.63) is 84.3 Å². The van der Waals surface area contributed by atoms with Gasteiger partial charge < -0.3 is 19.6 Å². The summed E-state index contributed by atoms with van der Waals surface area (Å²) in [6.07, 6.45) is 3.24. The molecule has 0 radical (unpaired) electrons. The van der Waals surface area contributed by atoms with Crippen molar-refractivity contribution in [1.29, 1.82) is 0 Å². The fourth-order valence-electron chi connectivity index (χ4n) is 4.98. The van der Waals surface area contributed by atoms with Crippen molar-refractivity contribution in [2.45, 2.75) is 38.5 Å². The van der Waals surface area contributed by atoms with Gasteiger partial charge in [-0.25, -0.2) is 0 Å². The lowest BCUT2D eigenvalue weighted by Gasteiger charge is -2.31. The number of hydrogen-bond acceptors (Lipinski definition) is 9. The minimum Gasteiger partial charge on any atom is -0.508 e. The summed E-state index contributed by atoms with van der Waals surface area (Å²) in [4.78, 5) is 35.1. The van der Waals surface area contributed by atoms with E-state index in [9.17, 15) is 14.7 Å². The number of phenols is 1. The average Bonchev–Trinajstić information content (AvgIpc) is 3.78. The molecule has 12 heteroatoms. The van der Waals surface area contributed by atoms with Crippen molar-refractivity contribution in [2.75, 3.05) is 18.1 Å². The molecule has 5 aromatic rings. The molecule has 1 aliphatic rings. The summed E-state index contributed by atoms with van der Waals surface area (Å²) in [6, 6.07) is 17.9. The SMILES string of the molecule is Cc1ccc(-c2nnn(CC(=O)N(c3cnc4ccccc4c3)C(C(=O)NCC3CCCO3)c3ccc(O)cc3)n2)o1. The predicted octanol–water partition coefficient (Wildman–Crippen LogP) is 3.57. The summed E-state index contributed by atoms with van der Waals surface area (Å²) >= 11 is 0. The normalized spacial score (nSPS) is 15.5. The Morgan fingerprint density at radius 1 is 1.14 bits per heavy atom. The second-order valence-electron chi connectivity index (χ2n) is 10.1. The van der Waals surface area contributed by atoms with Crippen LogP contribution in [0.1, 0.15) is 30.2 Å². The van der Waals surface area contributed by atoms with Crippen LogP contribution in [0.15, 0.2) is 77.3 Å². The fraction of sp³-hybridized carbons (Fsp3) is 0.267. The van der Waals surface area contributed by atoms with Crippen LogP contribution in [-0.4, -0.2) is 61.4 Å². The number of aryl methyl sites for hydroxylation is 1. The zero-order valence-corrected chi connectivity index (χ0v) is 22.9. The molecular formula is C30H29N7O5. The highest BCUT2D eigenvalue weighted by atomic mass is 16.5. The largest absolute Gasteiger partial charge is 0.508 e. The lowest BCUT2D eigenvalue weighted by molar-refractivity contribution is -0.127. The number of para-hydroxylation sites is 1. The number of hydrogen-bond donors (Lipinski definition) is 2. The predicted molar refractivity (Wildman–Crippen MR) is 152 cm³/mol. The summed E-state index contributed by atoms with van der Waals surface area (Å²) in [5, 5.41) is 26.1. The van der Waals surface area contributed by atoms with Crippen molar-refractivity contribution in [3.8, 4) is 17.3 Å². The third kappa shape index (κ3) is 5.84. The zero-order valence-electron chi connectivity index (χ0n) is 22.9. The minimum atomic E-state index is -1.10. The van der Waals surface area contributed by atoms with Crippen LogP contribution in [-0.2, 0) is 20.9 Å². The number of pyridine rings is 1. The van der Waals surface area contributed by atoms with Crippen molar-refractivity contribution in [1.82, 2.24) is 30.5 Å². The van der Waals surface area contributed by atoms with Crippen molar-refractivity contribution in [3.63, 3.8) is 0 Å². The molecule has 1 aliphatic heterocycles. The Morgan fingerprint density at radius 3 is 2.74 bits per heavy atom. The number of aromatic nitrogens is 5. The molecule has 6 rings (SSSR count). The summed E-state index contributed by atoms with van der Waals surface area (Å²) in [6.45, 7) is 2.45. The van der Waals surface area contributed by atoms with Crippen LogP contribution >= 0.6 is 0 Å². The second-order valence-corrected chi connectivity index (χ2v) is 10.1. The summed E-state index contributed by atoms with van der Waals surface area (Å²) in [5.74, 6) is 0.512. The average molecular weight is 568 g/mol. The molecule has 42 heavy (non-hydrogen) atoms. The van der Waals surface area contributed by atoms with Crippen molar-refractivity contribution < 1.29 is 23.8 Å². The third-order valence-electron chi connectivity index (χ3n) is 7.06. The molecule has 0 saturated carbocycles. The number of benzene rings is 2. The first-order valence-electron chi connectivity index (χ1n) is 13.6. The molecule has 2 amide bonds. The van der Waals surface area contributed by atoms with Gasteiger partial charge in [-0.3, -0.25) is 19.5 Å². The highest BCUT2D eigenvalue weighted by molar-refractivity contribution is 6.02. The molecule has 214 valence electrons. The van der Waals surface area contributed by atoms with E-state index in [4.69, 9.17) is 9.15 Å². The second kappa shape index (κ2) is 11.8. The third-order valence-corrected chi connectivity index (χ3v) is 7.06. The van der Waals surface area contributed by atoms with Gasteiger partial charge in [0.1, 0.15) is 24.1 Å².